The second-order valence-electron chi connectivity index (χ2n) is 6.00. The Morgan fingerprint density at radius 2 is 1.92 bits per heavy atom. The van der Waals surface area contributed by atoms with Crippen molar-refractivity contribution in [3.05, 3.63) is 45.9 Å². The number of methoxy groups -OCH3 is 1. The molecule has 0 radical (unpaired) electrons. The van der Waals surface area contributed by atoms with Crippen molar-refractivity contribution in [3.8, 4) is 5.75 Å². The van der Waals surface area contributed by atoms with Gasteiger partial charge in [0.2, 0.25) is 0 Å². The molecule has 26 heavy (non-hydrogen) atoms. The highest BCUT2D eigenvalue weighted by Crippen LogP contribution is 2.21. The number of guanidine groups is 1. The number of ether oxygens (including phenoxy) is 1. The molecule has 1 unspecified atom stereocenters. The minimum absolute atomic E-state index is 0. The van der Waals surface area contributed by atoms with E-state index in [0.29, 0.717) is 5.92 Å². The summed E-state index contributed by atoms with van der Waals surface area (Å²) in [5.74, 6) is 2.22. The molecule has 0 aliphatic heterocycles. The lowest BCUT2D eigenvalue weighted by Gasteiger charge is -2.15. The fraction of sp³-hybridized carbons (Fsp3) is 0.474. The van der Waals surface area contributed by atoms with Crippen LogP contribution in [0.2, 0.25) is 0 Å². The van der Waals surface area contributed by atoms with E-state index < -0.39 is 0 Å². The average molecular weight is 488 g/mol. The van der Waals surface area contributed by atoms with E-state index in [1.807, 2.05) is 19.1 Å². The molecule has 0 bridgehead atoms. The molecule has 2 N–H and O–H groups in total. The average Bonchev–Trinajstić information content (AvgIpc) is 3.05. The van der Waals surface area contributed by atoms with Gasteiger partial charge in [0.25, 0.3) is 0 Å². The number of rotatable bonds is 8. The Bertz CT molecular complexity index is 672. The van der Waals surface area contributed by atoms with Gasteiger partial charge in [0.15, 0.2) is 5.96 Å². The molecule has 2 aromatic rings. The Labute approximate surface area is 177 Å². The molecule has 0 spiro atoms. The molecule has 0 amide bonds. The largest absolute Gasteiger partial charge is 0.497 e. The van der Waals surface area contributed by atoms with Crippen molar-refractivity contribution in [2.75, 3.05) is 27.2 Å². The number of aliphatic imine (C=N–C) groups is 1. The van der Waals surface area contributed by atoms with Crippen molar-refractivity contribution in [2.24, 2.45) is 4.99 Å². The number of thiazole rings is 1. The van der Waals surface area contributed by atoms with Crippen LogP contribution in [-0.4, -0.2) is 38.2 Å². The fourth-order valence-electron chi connectivity index (χ4n) is 2.56. The van der Waals surface area contributed by atoms with Gasteiger partial charge in [0.05, 0.1) is 17.8 Å². The molecule has 5 nitrogen and oxygen atoms in total. The number of nitrogens with one attached hydrogen (secondary N) is 2. The lowest BCUT2D eigenvalue weighted by atomic mass is 9.98. The van der Waals surface area contributed by atoms with E-state index in [1.54, 1.807) is 25.5 Å². The highest BCUT2D eigenvalue weighted by Gasteiger charge is 2.06. The number of hydrogen-bond acceptors (Lipinski definition) is 4. The summed E-state index contributed by atoms with van der Waals surface area (Å²) in [6.45, 7) is 5.98. The zero-order valence-corrected chi connectivity index (χ0v) is 19.1. The Morgan fingerprint density at radius 1 is 1.23 bits per heavy atom. The van der Waals surface area contributed by atoms with Gasteiger partial charge in [-0.1, -0.05) is 19.1 Å². The zero-order chi connectivity index (χ0) is 18.1. The quantitative estimate of drug-likeness (QED) is 0.335. The SMILES string of the molecule is CN=C(NCCc1csc(C)n1)NCCC(C)c1ccc(OC)cc1.I. The van der Waals surface area contributed by atoms with Crippen molar-refractivity contribution in [1.29, 1.82) is 0 Å². The fourth-order valence-corrected chi connectivity index (χ4v) is 3.21. The number of nitrogens with zero attached hydrogens (tertiary/aromatic N) is 2. The Hall–Kier alpha value is -1.35. The first-order chi connectivity index (χ1) is 12.1. The van der Waals surface area contributed by atoms with Gasteiger partial charge in [-0.15, -0.1) is 35.3 Å². The predicted molar refractivity (Wildman–Crippen MR) is 121 cm³/mol. The smallest absolute Gasteiger partial charge is 0.190 e. The lowest BCUT2D eigenvalue weighted by molar-refractivity contribution is 0.414. The second-order valence-corrected chi connectivity index (χ2v) is 7.06. The maximum absolute atomic E-state index is 5.21. The third-order valence-corrected chi connectivity index (χ3v) is 4.94. The summed E-state index contributed by atoms with van der Waals surface area (Å²) in [7, 11) is 3.49. The van der Waals surface area contributed by atoms with E-state index in [9.17, 15) is 0 Å². The van der Waals surface area contributed by atoms with E-state index in [1.165, 1.54) is 5.56 Å². The highest BCUT2D eigenvalue weighted by atomic mass is 127. The summed E-state index contributed by atoms with van der Waals surface area (Å²) in [5.41, 5.74) is 2.46. The first kappa shape index (κ1) is 22.7. The molecule has 0 saturated heterocycles. The Morgan fingerprint density at radius 3 is 2.50 bits per heavy atom. The number of benzene rings is 1. The van der Waals surface area contributed by atoms with E-state index >= 15 is 0 Å². The Balaban J connectivity index is 0.00000338. The topological polar surface area (TPSA) is 58.5 Å². The summed E-state index contributed by atoms with van der Waals surface area (Å²) in [6, 6.07) is 8.29. The zero-order valence-electron chi connectivity index (χ0n) is 15.9. The molecular formula is C19H29IN4OS. The van der Waals surface area contributed by atoms with Gasteiger partial charge >= 0.3 is 0 Å². The summed E-state index contributed by atoms with van der Waals surface area (Å²) in [4.78, 5) is 8.75. The summed E-state index contributed by atoms with van der Waals surface area (Å²) >= 11 is 1.69. The normalized spacial score (nSPS) is 12.2. The van der Waals surface area contributed by atoms with Gasteiger partial charge in [-0.3, -0.25) is 4.99 Å². The molecule has 2 rings (SSSR count). The van der Waals surface area contributed by atoms with Gasteiger partial charge < -0.3 is 15.4 Å². The van der Waals surface area contributed by atoms with Crippen molar-refractivity contribution in [2.45, 2.75) is 32.6 Å². The number of hydrogen-bond donors (Lipinski definition) is 2. The number of aryl methyl sites for hydroxylation is 1. The second kappa shape index (κ2) is 12.1. The van der Waals surface area contributed by atoms with Crippen molar-refractivity contribution < 1.29 is 4.74 Å². The maximum atomic E-state index is 5.21. The van der Waals surface area contributed by atoms with Crippen molar-refractivity contribution in [3.63, 3.8) is 0 Å². The Kier molecular flexibility index (Phi) is 10.6. The molecule has 0 aliphatic carbocycles. The first-order valence-electron chi connectivity index (χ1n) is 8.62. The third kappa shape index (κ3) is 7.49. The monoisotopic (exact) mass is 488 g/mol. The van der Waals surface area contributed by atoms with Crippen molar-refractivity contribution in [1.82, 2.24) is 15.6 Å². The highest BCUT2D eigenvalue weighted by molar-refractivity contribution is 14.0. The summed E-state index contributed by atoms with van der Waals surface area (Å²) in [6.07, 6.45) is 1.95. The van der Waals surface area contributed by atoms with Gasteiger partial charge in [0, 0.05) is 31.9 Å². The standard InChI is InChI=1S/C19H28N4OS.HI/c1-14(16-5-7-18(24-4)8-6-16)9-11-21-19(20-3)22-12-10-17-13-25-15(2)23-17;/h5-8,13-14H,9-12H2,1-4H3,(H2,20,21,22);1H. The summed E-state index contributed by atoms with van der Waals surface area (Å²) in [5, 5.41) is 9.95. The van der Waals surface area contributed by atoms with Crippen LogP contribution in [0, 0.1) is 6.92 Å². The molecule has 1 atom stereocenters. The van der Waals surface area contributed by atoms with Crippen LogP contribution in [0.25, 0.3) is 0 Å². The van der Waals surface area contributed by atoms with Gasteiger partial charge in [-0.2, -0.15) is 0 Å². The van der Waals surface area contributed by atoms with Crippen LogP contribution in [-0.2, 0) is 6.42 Å². The molecular weight excluding hydrogens is 459 g/mol. The van der Waals surface area contributed by atoms with Crippen LogP contribution in [0.5, 0.6) is 5.75 Å². The van der Waals surface area contributed by atoms with Crippen LogP contribution < -0.4 is 15.4 Å². The number of halogens is 1. The van der Waals surface area contributed by atoms with E-state index in [0.717, 1.165) is 48.3 Å². The van der Waals surface area contributed by atoms with E-state index in [4.69, 9.17) is 4.74 Å². The third-order valence-electron chi connectivity index (χ3n) is 4.12. The predicted octanol–water partition coefficient (Wildman–Crippen LogP) is 3.98. The van der Waals surface area contributed by atoms with Crippen LogP contribution in [0.1, 0.15) is 35.5 Å². The minimum atomic E-state index is 0. The first-order valence-corrected chi connectivity index (χ1v) is 9.49. The minimum Gasteiger partial charge on any atom is -0.497 e. The molecule has 7 heteroatoms. The van der Waals surface area contributed by atoms with Gasteiger partial charge in [0.1, 0.15) is 5.75 Å². The van der Waals surface area contributed by atoms with Crippen LogP contribution >= 0.6 is 35.3 Å². The van der Waals surface area contributed by atoms with Crippen LogP contribution in [0.4, 0.5) is 0 Å². The molecule has 1 aromatic heterocycles. The summed E-state index contributed by atoms with van der Waals surface area (Å²) < 4.78 is 5.21. The molecule has 1 aromatic carbocycles. The van der Waals surface area contributed by atoms with Gasteiger partial charge in [-0.25, -0.2) is 4.98 Å². The molecule has 0 fully saturated rings. The van der Waals surface area contributed by atoms with E-state index in [2.05, 4.69) is 45.0 Å². The number of aromatic nitrogens is 1. The maximum Gasteiger partial charge on any atom is 0.190 e. The van der Waals surface area contributed by atoms with Crippen LogP contribution in [0.3, 0.4) is 0 Å². The molecule has 0 aliphatic rings. The van der Waals surface area contributed by atoms with Crippen molar-refractivity contribution >= 4 is 41.3 Å². The molecule has 0 saturated carbocycles. The van der Waals surface area contributed by atoms with Crippen LogP contribution in [0.15, 0.2) is 34.6 Å². The molecule has 144 valence electrons. The lowest BCUT2D eigenvalue weighted by Crippen LogP contribution is -2.39. The van der Waals surface area contributed by atoms with Gasteiger partial charge in [-0.05, 0) is 37.0 Å². The van der Waals surface area contributed by atoms with E-state index in [-0.39, 0.29) is 24.0 Å². The molecule has 1 heterocycles.